The zero-order valence-corrected chi connectivity index (χ0v) is 13.5. The molecular weight excluding hydrogens is 320 g/mol. The Morgan fingerprint density at radius 3 is 2.50 bits per heavy atom. The summed E-state index contributed by atoms with van der Waals surface area (Å²) in [7, 11) is 0. The number of rotatable bonds is 2. The molecule has 0 bridgehead atoms. The summed E-state index contributed by atoms with van der Waals surface area (Å²) in [5.74, 6) is -0.682. The molecule has 0 unspecified atom stereocenters. The molecule has 0 aliphatic rings. The Balaban J connectivity index is 2.06. The number of carbonyl (C=O) groups is 1. The molecule has 0 fully saturated rings. The predicted molar refractivity (Wildman–Crippen MR) is 98.8 cm³/mol. The van der Waals surface area contributed by atoms with E-state index in [-0.39, 0.29) is 5.96 Å². The molecule has 118 valence electrons. The zero-order valence-electron chi connectivity index (χ0n) is 12.6. The van der Waals surface area contributed by atoms with Crippen LogP contribution in [0.5, 0.6) is 0 Å². The van der Waals surface area contributed by atoms with Gasteiger partial charge in [0.25, 0.3) is 5.91 Å². The van der Waals surface area contributed by atoms with Crippen LogP contribution < -0.4 is 11.5 Å². The number of fused-ring (bicyclic) bond motifs is 3. The number of aromatic nitrogens is 1. The minimum absolute atomic E-state index is 0.237. The predicted octanol–water partition coefficient (Wildman–Crippen LogP) is 3.26. The van der Waals surface area contributed by atoms with E-state index in [2.05, 4.69) is 27.8 Å². The van der Waals surface area contributed by atoms with Gasteiger partial charge in [-0.2, -0.15) is 4.99 Å². The average Bonchev–Trinajstić information content (AvgIpc) is 3.18. The quantitative estimate of drug-likeness (QED) is 0.436. The van der Waals surface area contributed by atoms with Crippen molar-refractivity contribution in [1.29, 1.82) is 0 Å². The number of amides is 1. The Labute approximate surface area is 141 Å². The maximum Gasteiger partial charge on any atom is 0.280 e. The molecule has 1 amide bonds. The van der Waals surface area contributed by atoms with Gasteiger partial charge in [0.15, 0.2) is 5.96 Å². The summed E-state index contributed by atoms with van der Waals surface area (Å²) in [5.41, 5.74) is 13.1. The number of para-hydroxylation sites is 1. The van der Waals surface area contributed by atoms with Gasteiger partial charge in [-0.25, -0.2) is 0 Å². The molecule has 0 aliphatic heterocycles. The molecule has 0 atom stereocenters. The summed E-state index contributed by atoms with van der Waals surface area (Å²) < 4.78 is 2.15. The Morgan fingerprint density at radius 2 is 1.75 bits per heavy atom. The molecule has 0 radical (unpaired) electrons. The lowest BCUT2D eigenvalue weighted by Crippen LogP contribution is -2.24. The van der Waals surface area contributed by atoms with Gasteiger partial charge in [0.05, 0.1) is 16.0 Å². The third-order valence-corrected chi connectivity index (χ3v) is 4.73. The first-order valence-corrected chi connectivity index (χ1v) is 8.24. The lowest BCUT2D eigenvalue weighted by atomic mass is 10.1. The third-order valence-electron chi connectivity index (χ3n) is 3.88. The normalized spacial score (nSPS) is 11.0. The van der Waals surface area contributed by atoms with Gasteiger partial charge in [0.1, 0.15) is 0 Å². The van der Waals surface area contributed by atoms with Crippen LogP contribution in [-0.2, 0) is 0 Å². The summed E-state index contributed by atoms with van der Waals surface area (Å²) in [6, 6.07) is 17.8. The monoisotopic (exact) mass is 334 g/mol. The van der Waals surface area contributed by atoms with Crippen molar-refractivity contribution < 1.29 is 4.79 Å². The van der Waals surface area contributed by atoms with Gasteiger partial charge >= 0.3 is 0 Å². The van der Waals surface area contributed by atoms with Crippen LogP contribution in [0.2, 0.25) is 0 Å². The number of benzene rings is 2. The van der Waals surface area contributed by atoms with E-state index in [4.69, 9.17) is 11.5 Å². The highest BCUT2D eigenvalue weighted by molar-refractivity contribution is 7.12. The van der Waals surface area contributed by atoms with E-state index in [9.17, 15) is 4.79 Å². The maximum absolute atomic E-state index is 12.2. The number of hydrogen-bond donors (Lipinski definition) is 2. The molecule has 4 rings (SSSR count). The van der Waals surface area contributed by atoms with Crippen LogP contribution in [0.15, 0.2) is 65.0 Å². The van der Waals surface area contributed by atoms with Crippen molar-refractivity contribution in [3.05, 3.63) is 65.5 Å². The first kappa shape index (κ1) is 14.5. The number of nitrogens with zero attached hydrogens (tertiary/aromatic N) is 2. The number of hydrogen-bond acceptors (Lipinski definition) is 2. The molecule has 0 spiro atoms. The van der Waals surface area contributed by atoms with Crippen molar-refractivity contribution in [1.82, 2.24) is 4.57 Å². The highest BCUT2D eigenvalue weighted by Gasteiger charge is 2.14. The van der Waals surface area contributed by atoms with Gasteiger partial charge in [-0.15, -0.1) is 11.3 Å². The molecule has 2 aromatic heterocycles. The molecule has 24 heavy (non-hydrogen) atoms. The smallest absolute Gasteiger partial charge is 0.280 e. The first-order chi connectivity index (χ1) is 11.6. The molecule has 0 saturated heterocycles. The highest BCUT2D eigenvalue weighted by Crippen LogP contribution is 2.33. The second-order valence-corrected chi connectivity index (χ2v) is 6.30. The van der Waals surface area contributed by atoms with Gasteiger partial charge in [0.2, 0.25) is 0 Å². The highest BCUT2D eigenvalue weighted by atomic mass is 32.1. The minimum Gasteiger partial charge on any atom is -0.370 e. The van der Waals surface area contributed by atoms with Crippen molar-refractivity contribution in [2.45, 2.75) is 0 Å². The average molecular weight is 334 g/mol. The van der Waals surface area contributed by atoms with Crippen molar-refractivity contribution in [2.75, 3.05) is 0 Å². The van der Waals surface area contributed by atoms with E-state index < -0.39 is 5.91 Å². The summed E-state index contributed by atoms with van der Waals surface area (Å²) in [6.07, 6.45) is 0. The zero-order chi connectivity index (χ0) is 16.7. The third kappa shape index (κ3) is 2.24. The van der Waals surface area contributed by atoms with Crippen LogP contribution in [0.4, 0.5) is 0 Å². The molecule has 2 heterocycles. The minimum atomic E-state index is -0.445. The first-order valence-electron chi connectivity index (χ1n) is 7.36. The number of thiophene rings is 1. The fraction of sp³-hybridized carbons (Fsp3) is 0. The molecule has 0 saturated carbocycles. The van der Waals surface area contributed by atoms with Gasteiger partial charge in [-0.3, -0.25) is 4.79 Å². The van der Waals surface area contributed by atoms with E-state index in [0.29, 0.717) is 5.56 Å². The number of nitrogens with two attached hydrogens (primary N) is 2. The summed E-state index contributed by atoms with van der Waals surface area (Å²) >= 11 is 1.65. The number of guanidine groups is 1. The Kier molecular flexibility index (Phi) is 3.32. The SMILES string of the molecule is NC(N)=NC(=O)c1ccc2c3ccccc3n(-c3cccs3)c2c1. The van der Waals surface area contributed by atoms with Crippen molar-refractivity contribution in [3.63, 3.8) is 0 Å². The molecule has 2 aromatic carbocycles. The van der Waals surface area contributed by atoms with Crippen LogP contribution in [0.3, 0.4) is 0 Å². The summed E-state index contributed by atoms with van der Waals surface area (Å²) in [4.78, 5) is 15.8. The van der Waals surface area contributed by atoms with Crippen LogP contribution in [-0.4, -0.2) is 16.4 Å². The van der Waals surface area contributed by atoms with Gasteiger partial charge in [-0.05, 0) is 35.7 Å². The molecule has 4 N–H and O–H groups in total. The van der Waals surface area contributed by atoms with Gasteiger partial charge in [0, 0.05) is 16.3 Å². The van der Waals surface area contributed by atoms with Crippen LogP contribution in [0.1, 0.15) is 10.4 Å². The Morgan fingerprint density at radius 1 is 0.958 bits per heavy atom. The van der Waals surface area contributed by atoms with Crippen molar-refractivity contribution in [2.24, 2.45) is 16.5 Å². The van der Waals surface area contributed by atoms with E-state index in [1.807, 2.05) is 35.7 Å². The molecular formula is C18H14N4OS. The van der Waals surface area contributed by atoms with E-state index in [0.717, 1.165) is 26.8 Å². The van der Waals surface area contributed by atoms with Crippen LogP contribution >= 0.6 is 11.3 Å². The molecule has 6 heteroatoms. The Hall–Kier alpha value is -3.12. The number of aliphatic imine (C=N–C) groups is 1. The largest absolute Gasteiger partial charge is 0.370 e. The van der Waals surface area contributed by atoms with E-state index in [1.165, 1.54) is 0 Å². The van der Waals surface area contributed by atoms with Crippen LogP contribution in [0, 0.1) is 0 Å². The van der Waals surface area contributed by atoms with Gasteiger partial charge in [-0.1, -0.05) is 24.3 Å². The molecule has 0 aliphatic carbocycles. The Bertz CT molecular complexity index is 1090. The molecule has 5 nitrogen and oxygen atoms in total. The van der Waals surface area contributed by atoms with Crippen molar-refractivity contribution >= 4 is 45.0 Å². The summed E-state index contributed by atoms with van der Waals surface area (Å²) in [6.45, 7) is 0. The standard InChI is InChI=1S/C18H14N4OS/c19-18(20)21-17(23)11-7-8-13-12-4-1-2-5-14(12)22(15(13)10-11)16-6-3-9-24-16/h1-10H,(H4,19,20,21,23). The topological polar surface area (TPSA) is 86.4 Å². The van der Waals surface area contributed by atoms with Gasteiger partial charge < -0.3 is 16.0 Å². The van der Waals surface area contributed by atoms with E-state index in [1.54, 1.807) is 17.4 Å². The van der Waals surface area contributed by atoms with Crippen LogP contribution in [0.25, 0.3) is 26.8 Å². The lowest BCUT2D eigenvalue weighted by molar-refractivity contribution is 0.100. The van der Waals surface area contributed by atoms with E-state index >= 15 is 0 Å². The second kappa shape index (κ2) is 5.50. The number of carbonyl (C=O) groups excluding carboxylic acids is 1. The fourth-order valence-electron chi connectivity index (χ4n) is 2.92. The second-order valence-electron chi connectivity index (χ2n) is 5.38. The van der Waals surface area contributed by atoms with Crippen molar-refractivity contribution in [3.8, 4) is 5.00 Å². The maximum atomic E-state index is 12.2. The lowest BCUT2D eigenvalue weighted by Gasteiger charge is -2.05. The molecule has 4 aromatic rings. The fourth-order valence-corrected chi connectivity index (χ4v) is 3.68. The summed E-state index contributed by atoms with van der Waals surface area (Å²) in [5, 5.41) is 5.35.